The van der Waals surface area contributed by atoms with Gasteiger partial charge in [-0.05, 0) is 31.3 Å². The minimum atomic E-state index is -4.91. The van der Waals surface area contributed by atoms with E-state index >= 15 is 0 Å². The number of halogens is 3. The van der Waals surface area contributed by atoms with Gasteiger partial charge in [-0.3, -0.25) is 19.8 Å². The van der Waals surface area contributed by atoms with E-state index in [1.54, 1.807) is 11.8 Å². The SMILES string of the molecule is CCN1CCC(=O)N(c2ccc([N+](=O)[O-])c(C(F)(F)F)c2)C1=S. The second kappa shape index (κ2) is 6.11. The molecule has 0 radical (unpaired) electrons. The van der Waals surface area contributed by atoms with Crippen LogP contribution < -0.4 is 4.90 Å². The highest BCUT2D eigenvalue weighted by Gasteiger charge is 2.40. The predicted molar refractivity (Wildman–Crippen MR) is 80.0 cm³/mol. The highest BCUT2D eigenvalue weighted by atomic mass is 32.1. The Morgan fingerprint density at radius 2 is 2.04 bits per heavy atom. The van der Waals surface area contributed by atoms with Gasteiger partial charge in [-0.2, -0.15) is 13.2 Å². The molecule has 1 aromatic carbocycles. The molecule has 124 valence electrons. The van der Waals surface area contributed by atoms with Crippen molar-refractivity contribution in [2.75, 3.05) is 18.0 Å². The molecule has 0 atom stereocenters. The van der Waals surface area contributed by atoms with Gasteiger partial charge in [-0.15, -0.1) is 0 Å². The predicted octanol–water partition coefficient (Wildman–Crippen LogP) is 2.96. The summed E-state index contributed by atoms with van der Waals surface area (Å²) >= 11 is 5.14. The summed E-state index contributed by atoms with van der Waals surface area (Å²) in [5.41, 5.74) is -2.61. The third-order valence-corrected chi connectivity index (χ3v) is 3.87. The van der Waals surface area contributed by atoms with Gasteiger partial charge in [-0.1, -0.05) is 0 Å². The van der Waals surface area contributed by atoms with Crippen molar-refractivity contribution in [3.8, 4) is 0 Å². The molecule has 2 rings (SSSR count). The molecule has 1 amide bonds. The summed E-state index contributed by atoms with van der Waals surface area (Å²) in [6.07, 6.45) is -4.81. The van der Waals surface area contributed by atoms with Crippen LogP contribution >= 0.6 is 12.2 Å². The summed E-state index contributed by atoms with van der Waals surface area (Å²) in [6, 6.07) is 2.41. The van der Waals surface area contributed by atoms with Crippen LogP contribution in [0.4, 0.5) is 24.5 Å². The van der Waals surface area contributed by atoms with Gasteiger partial charge in [0.25, 0.3) is 5.69 Å². The first-order valence-corrected chi connectivity index (χ1v) is 7.05. The molecular formula is C13H12F3N3O3S. The number of amides is 1. The maximum absolute atomic E-state index is 13.0. The van der Waals surface area contributed by atoms with Gasteiger partial charge < -0.3 is 4.90 Å². The zero-order chi connectivity index (χ0) is 17.4. The zero-order valence-electron chi connectivity index (χ0n) is 12.0. The van der Waals surface area contributed by atoms with Crippen LogP contribution in [0, 0.1) is 10.1 Å². The molecule has 0 bridgehead atoms. The molecule has 1 aromatic rings. The average molecular weight is 347 g/mol. The van der Waals surface area contributed by atoms with Gasteiger partial charge in [0.05, 0.1) is 10.6 Å². The molecule has 1 aliphatic rings. The molecule has 1 saturated heterocycles. The number of carbonyl (C=O) groups excluding carboxylic acids is 1. The van der Waals surface area contributed by atoms with Crippen molar-refractivity contribution in [3.05, 3.63) is 33.9 Å². The molecule has 1 fully saturated rings. The number of hydrogen-bond acceptors (Lipinski definition) is 4. The monoisotopic (exact) mass is 347 g/mol. The van der Waals surface area contributed by atoms with Crippen molar-refractivity contribution in [1.82, 2.24) is 4.90 Å². The highest BCUT2D eigenvalue weighted by Crippen LogP contribution is 2.38. The maximum Gasteiger partial charge on any atom is 0.423 e. The lowest BCUT2D eigenvalue weighted by molar-refractivity contribution is -0.388. The van der Waals surface area contributed by atoms with Crippen molar-refractivity contribution in [3.63, 3.8) is 0 Å². The molecule has 0 saturated carbocycles. The first kappa shape index (κ1) is 17.1. The lowest BCUT2D eigenvalue weighted by Gasteiger charge is -2.36. The van der Waals surface area contributed by atoms with E-state index in [1.807, 2.05) is 0 Å². The summed E-state index contributed by atoms with van der Waals surface area (Å²) in [4.78, 5) is 24.4. The molecule has 0 N–H and O–H groups in total. The van der Waals surface area contributed by atoms with Crippen molar-refractivity contribution in [2.24, 2.45) is 0 Å². The Bertz CT molecular complexity index is 678. The largest absolute Gasteiger partial charge is 0.423 e. The van der Waals surface area contributed by atoms with Crippen LogP contribution in [0.1, 0.15) is 18.9 Å². The lowest BCUT2D eigenvalue weighted by Crippen LogP contribution is -2.52. The van der Waals surface area contributed by atoms with Crippen molar-refractivity contribution in [2.45, 2.75) is 19.5 Å². The minimum Gasteiger partial charge on any atom is -0.348 e. The van der Waals surface area contributed by atoms with Crippen molar-refractivity contribution in [1.29, 1.82) is 0 Å². The molecule has 0 aliphatic carbocycles. The molecule has 1 heterocycles. The zero-order valence-corrected chi connectivity index (χ0v) is 12.8. The Morgan fingerprint density at radius 3 is 2.57 bits per heavy atom. The summed E-state index contributed by atoms with van der Waals surface area (Å²) in [7, 11) is 0. The molecule has 6 nitrogen and oxygen atoms in total. The standard InChI is InChI=1S/C13H12F3N3O3S/c1-2-17-6-5-11(20)18(12(17)23)8-3-4-10(19(21)22)9(7-8)13(14,15)16/h3-4,7H,2,5-6H2,1H3. The van der Waals surface area contributed by atoms with Crippen LogP contribution in [-0.2, 0) is 11.0 Å². The Morgan fingerprint density at radius 1 is 1.39 bits per heavy atom. The maximum atomic E-state index is 13.0. The number of rotatable bonds is 3. The van der Waals surface area contributed by atoms with Gasteiger partial charge >= 0.3 is 6.18 Å². The number of nitro groups is 1. The summed E-state index contributed by atoms with van der Waals surface area (Å²) in [6.45, 7) is 2.70. The van der Waals surface area contributed by atoms with Crippen LogP contribution in [0.25, 0.3) is 0 Å². The van der Waals surface area contributed by atoms with E-state index in [4.69, 9.17) is 12.2 Å². The second-order valence-corrected chi connectivity index (χ2v) is 5.16. The normalized spacial score (nSPS) is 16.0. The fraction of sp³-hybridized carbons (Fsp3) is 0.385. The van der Waals surface area contributed by atoms with Crippen molar-refractivity contribution >= 4 is 34.6 Å². The Hall–Kier alpha value is -2.23. The molecule has 0 aromatic heterocycles. The van der Waals surface area contributed by atoms with E-state index < -0.39 is 28.3 Å². The molecule has 23 heavy (non-hydrogen) atoms. The van der Waals surface area contributed by atoms with Gasteiger partial charge in [0, 0.05) is 25.6 Å². The molecule has 10 heteroatoms. The highest BCUT2D eigenvalue weighted by molar-refractivity contribution is 7.80. The number of nitrogens with zero attached hydrogens (tertiary/aromatic N) is 3. The smallest absolute Gasteiger partial charge is 0.348 e. The summed E-state index contributed by atoms with van der Waals surface area (Å²) < 4.78 is 39.1. The first-order valence-electron chi connectivity index (χ1n) is 6.64. The second-order valence-electron chi connectivity index (χ2n) is 4.80. The minimum absolute atomic E-state index is 0.0886. The van der Waals surface area contributed by atoms with E-state index in [0.717, 1.165) is 17.0 Å². The number of alkyl halides is 3. The van der Waals surface area contributed by atoms with Crippen LogP contribution in [-0.4, -0.2) is 33.9 Å². The topological polar surface area (TPSA) is 66.7 Å². The lowest BCUT2D eigenvalue weighted by atomic mass is 10.1. The van der Waals surface area contributed by atoms with Crippen LogP contribution in [0.15, 0.2) is 18.2 Å². The summed E-state index contributed by atoms with van der Waals surface area (Å²) in [5, 5.41) is 10.9. The number of carbonyl (C=O) groups is 1. The van der Waals surface area contributed by atoms with Gasteiger partial charge in [0.1, 0.15) is 5.56 Å². The number of thiocarbonyl (C=S) groups is 1. The number of nitro benzene ring substituents is 1. The van der Waals surface area contributed by atoms with E-state index in [9.17, 15) is 28.1 Å². The first-order chi connectivity index (χ1) is 10.7. The fourth-order valence-electron chi connectivity index (χ4n) is 2.28. The number of anilines is 1. The molecule has 0 spiro atoms. The van der Waals surface area contributed by atoms with Gasteiger partial charge in [0.15, 0.2) is 5.11 Å². The van der Waals surface area contributed by atoms with Crippen molar-refractivity contribution < 1.29 is 22.9 Å². The molecular weight excluding hydrogens is 335 g/mol. The Labute approximate surface area is 134 Å². The fourth-order valence-corrected chi connectivity index (χ4v) is 2.71. The quantitative estimate of drug-likeness (QED) is 0.478. The van der Waals surface area contributed by atoms with Crippen LogP contribution in [0.3, 0.4) is 0 Å². The average Bonchev–Trinajstić information content (AvgIpc) is 2.46. The van der Waals surface area contributed by atoms with Gasteiger partial charge in [0.2, 0.25) is 5.91 Å². The summed E-state index contributed by atoms with van der Waals surface area (Å²) in [5.74, 6) is -0.443. The van der Waals surface area contributed by atoms with E-state index in [-0.39, 0.29) is 17.2 Å². The Balaban J connectivity index is 2.53. The van der Waals surface area contributed by atoms with E-state index in [1.165, 1.54) is 0 Å². The van der Waals surface area contributed by atoms with E-state index in [0.29, 0.717) is 19.2 Å². The van der Waals surface area contributed by atoms with Crippen LogP contribution in [0.5, 0.6) is 0 Å². The van der Waals surface area contributed by atoms with E-state index in [2.05, 4.69) is 0 Å². The van der Waals surface area contributed by atoms with Gasteiger partial charge in [-0.25, -0.2) is 0 Å². The number of hydrogen-bond donors (Lipinski definition) is 0. The third-order valence-electron chi connectivity index (χ3n) is 3.43. The number of benzene rings is 1. The Kier molecular flexibility index (Phi) is 4.55. The molecule has 0 unspecified atom stereocenters. The van der Waals surface area contributed by atoms with Crippen LogP contribution in [0.2, 0.25) is 0 Å². The molecule has 1 aliphatic heterocycles. The third kappa shape index (κ3) is 3.26.